The summed E-state index contributed by atoms with van der Waals surface area (Å²) < 4.78 is 38.9. The van der Waals surface area contributed by atoms with Gasteiger partial charge in [-0.3, -0.25) is 4.79 Å². The second kappa shape index (κ2) is 5.35. The number of hydrogen-bond donors (Lipinski definition) is 0. The Labute approximate surface area is 120 Å². The third-order valence-corrected chi connectivity index (χ3v) is 3.23. The Hall–Kier alpha value is -1.70. The van der Waals surface area contributed by atoms with Crippen molar-refractivity contribution in [3.63, 3.8) is 0 Å². The molecule has 0 aliphatic carbocycles. The molecule has 4 nitrogen and oxygen atoms in total. The molecule has 8 heteroatoms. The Balaban J connectivity index is 2.17. The zero-order valence-corrected chi connectivity index (χ0v) is 11.9. The number of ketones is 1. The summed E-state index contributed by atoms with van der Waals surface area (Å²) >= 11 is 3.10. The van der Waals surface area contributed by atoms with Crippen LogP contribution in [0.4, 0.5) is 13.2 Å². The molecule has 0 aliphatic heterocycles. The van der Waals surface area contributed by atoms with Gasteiger partial charge in [-0.1, -0.05) is 17.3 Å². The molecule has 0 atom stereocenters. The van der Waals surface area contributed by atoms with Crippen molar-refractivity contribution in [1.29, 1.82) is 0 Å². The van der Waals surface area contributed by atoms with Crippen LogP contribution in [0.25, 0.3) is 0 Å². The van der Waals surface area contributed by atoms with E-state index in [0.29, 0.717) is 10.2 Å². The lowest BCUT2D eigenvalue weighted by Gasteiger charge is -2.07. The Bertz CT molecular complexity index is 615. The number of halogens is 4. The second-order valence-electron chi connectivity index (χ2n) is 4.15. The smallest absolute Gasteiger partial charge is 0.292 e. The topological polar surface area (TPSA) is 47.8 Å². The van der Waals surface area contributed by atoms with E-state index in [4.69, 9.17) is 0 Å². The number of nitrogens with zero attached hydrogens (tertiary/aromatic N) is 3. The molecular weight excluding hydrogens is 339 g/mol. The van der Waals surface area contributed by atoms with E-state index in [2.05, 4.69) is 26.2 Å². The van der Waals surface area contributed by atoms with Crippen molar-refractivity contribution in [2.75, 3.05) is 0 Å². The first kappa shape index (κ1) is 14.7. The summed E-state index contributed by atoms with van der Waals surface area (Å²) in [4.78, 5) is 12.0. The predicted molar refractivity (Wildman–Crippen MR) is 68.2 cm³/mol. The highest BCUT2D eigenvalue weighted by molar-refractivity contribution is 9.10. The van der Waals surface area contributed by atoms with Crippen LogP contribution in [0.3, 0.4) is 0 Å². The molecule has 0 saturated heterocycles. The summed E-state index contributed by atoms with van der Waals surface area (Å²) in [6.45, 7) is 0. The fraction of sp³-hybridized carbons (Fsp3) is 0.250. The molecule has 1 aromatic carbocycles. The number of aryl methyl sites for hydroxylation is 1. The lowest BCUT2D eigenvalue weighted by Crippen LogP contribution is -2.11. The standard InChI is InChI=1S/C12H9BrF3N3O/c1-19-10(11(13)17-18-19)9(20)6-7-2-4-8(5-3-7)12(14,15)16/h2-5H,6H2,1H3. The molecule has 0 spiro atoms. The van der Waals surface area contributed by atoms with Gasteiger partial charge >= 0.3 is 6.18 Å². The molecule has 0 saturated carbocycles. The quantitative estimate of drug-likeness (QED) is 0.802. The molecular formula is C12H9BrF3N3O. The van der Waals surface area contributed by atoms with Crippen molar-refractivity contribution in [3.05, 3.63) is 45.7 Å². The van der Waals surface area contributed by atoms with Crippen molar-refractivity contribution in [2.45, 2.75) is 12.6 Å². The van der Waals surface area contributed by atoms with E-state index in [1.54, 1.807) is 7.05 Å². The van der Waals surface area contributed by atoms with Gasteiger partial charge in [0.05, 0.1) is 5.56 Å². The van der Waals surface area contributed by atoms with Gasteiger partial charge in [-0.05, 0) is 33.6 Å². The molecule has 0 N–H and O–H groups in total. The average Bonchev–Trinajstić information content (AvgIpc) is 2.68. The summed E-state index contributed by atoms with van der Waals surface area (Å²) in [7, 11) is 1.57. The molecule has 2 rings (SSSR count). The summed E-state index contributed by atoms with van der Waals surface area (Å²) in [5, 5.41) is 7.36. The van der Waals surface area contributed by atoms with Crippen LogP contribution in [0, 0.1) is 0 Å². The van der Waals surface area contributed by atoms with E-state index in [9.17, 15) is 18.0 Å². The molecule has 0 aliphatic rings. The van der Waals surface area contributed by atoms with Gasteiger partial charge in [0.25, 0.3) is 0 Å². The highest BCUT2D eigenvalue weighted by Gasteiger charge is 2.30. The maximum atomic E-state index is 12.4. The summed E-state index contributed by atoms with van der Waals surface area (Å²) in [6, 6.07) is 4.50. The zero-order valence-electron chi connectivity index (χ0n) is 10.3. The third-order valence-electron chi connectivity index (χ3n) is 2.70. The van der Waals surface area contributed by atoms with E-state index in [-0.39, 0.29) is 17.9 Å². The summed E-state index contributed by atoms with van der Waals surface area (Å²) in [5.41, 5.74) is 0.0399. The number of rotatable bonds is 3. The van der Waals surface area contributed by atoms with Crippen LogP contribution in [-0.4, -0.2) is 20.8 Å². The summed E-state index contributed by atoms with van der Waals surface area (Å²) in [5.74, 6) is -0.274. The minimum Gasteiger partial charge on any atom is -0.292 e. The fourth-order valence-electron chi connectivity index (χ4n) is 1.71. The molecule has 0 bridgehead atoms. The molecule has 1 heterocycles. The third kappa shape index (κ3) is 3.06. The molecule has 0 amide bonds. The van der Waals surface area contributed by atoms with Gasteiger partial charge in [0.2, 0.25) is 0 Å². The maximum absolute atomic E-state index is 12.4. The normalized spacial score (nSPS) is 11.7. The molecule has 2 aromatic rings. The number of alkyl halides is 3. The number of carbonyl (C=O) groups is 1. The van der Waals surface area contributed by atoms with Gasteiger partial charge in [-0.25, -0.2) is 4.68 Å². The first-order valence-electron chi connectivity index (χ1n) is 5.53. The van der Waals surface area contributed by atoms with E-state index in [0.717, 1.165) is 12.1 Å². The highest BCUT2D eigenvalue weighted by atomic mass is 79.9. The number of benzene rings is 1. The maximum Gasteiger partial charge on any atom is 0.416 e. The monoisotopic (exact) mass is 347 g/mol. The molecule has 0 unspecified atom stereocenters. The predicted octanol–water partition coefficient (Wildman–Crippen LogP) is 3.02. The van der Waals surface area contributed by atoms with Crippen molar-refractivity contribution in [2.24, 2.45) is 7.05 Å². The van der Waals surface area contributed by atoms with Crippen molar-refractivity contribution in [1.82, 2.24) is 15.0 Å². The van der Waals surface area contributed by atoms with Crippen molar-refractivity contribution in [3.8, 4) is 0 Å². The van der Waals surface area contributed by atoms with E-state index >= 15 is 0 Å². The number of hydrogen-bond acceptors (Lipinski definition) is 3. The van der Waals surface area contributed by atoms with Crippen LogP contribution < -0.4 is 0 Å². The van der Waals surface area contributed by atoms with Crippen LogP contribution in [0.15, 0.2) is 28.9 Å². The minimum atomic E-state index is -4.38. The zero-order chi connectivity index (χ0) is 14.9. The number of carbonyl (C=O) groups excluding carboxylic acids is 1. The lowest BCUT2D eigenvalue weighted by molar-refractivity contribution is -0.137. The first-order valence-corrected chi connectivity index (χ1v) is 6.33. The van der Waals surface area contributed by atoms with E-state index < -0.39 is 11.7 Å². The van der Waals surface area contributed by atoms with Gasteiger partial charge < -0.3 is 0 Å². The Morgan fingerprint density at radius 2 is 1.90 bits per heavy atom. The number of Topliss-reactive ketones (excluding diaryl/α,β-unsaturated/α-hetero) is 1. The average molecular weight is 348 g/mol. The van der Waals surface area contributed by atoms with Gasteiger partial charge in [-0.2, -0.15) is 13.2 Å². The van der Waals surface area contributed by atoms with E-state index in [1.165, 1.54) is 16.8 Å². The van der Waals surface area contributed by atoms with Gasteiger partial charge in [0.15, 0.2) is 10.4 Å². The van der Waals surface area contributed by atoms with Gasteiger partial charge in [0, 0.05) is 13.5 Å². The van der Waals surface area contributed by atoms with E-state index in [1.807, 2.05) is 0 Å². The molecule has 0 radical (unpaired) electrons. The van der Waals surface area contributed by atoms with Crippen LogP contribution in [0.2, 0.25) is 0 Å². The Morgan fingerprint density at radius 3 is 2.35 bits per heavy atom. The van der Waals surface area contributed by atoms with Crippen molar-refractivity contribution >= 4 is 21.7 Å². The molecule has 1 aromatic heterocycles. The highest BCUT2D eigenvalue weighted by Crippen LogP contribution is 2.29. The SMILES string of the molecule is Cn1nnc(Br)c1C(=O)Cc1ccc(C(F)(F)F)cc1. The fourth-order valence-corrected chi connectivity index (χ4v) is 2.26. The first-order chi connectivity index (χ1) is 9.29. The number of aromatic nitrogens is 3. The van der Waals surface area contributed by atoms with Crippen LogP contribution in [-0.2, 0) is 19.6 Å². The largest absolute Gasteiger partial charge is 0.416 e. The van der Waals surface area contributed by atoms with Crippen molar-refractivity contribution < 1.29 is 18.0 Å². The van der Waals surface area contributed by atoms with Crippen LogP contribution >= 0.6 is 15.9 Å². The Kier molecular flexibility index (Phi) is 3.94. The van der Waals surface area contributed by atoms with Gasteiger partial charge in [-0.15, -0.1) is 5.10 Å². The molecule has 20 heavy (non-hydrogen) atoms. The van der Waals surface area contributed by atoms with Crippen LogP contribution in [0.1, 0.15) is 21.6 Å². The minimum absolute atomic E-state index is 0.0159. The lowest BCUT2D eigenvalue weighted by atomic mass is 10.1. The second-order valence-corrected chi connectivity index (χ2v) is 4.90. The molecule has 106 valence electrons. The summed E-state index contributed by atoms with van der Waals surface area (Å²) in [6.07, 6.45) is -4.39. The van der Waals surface area contributed by atoms with Crippen LogP contribution in [0.5, 0.6) is 0 Å². The molecule has 0 fully saturated rings. The van der Waals surface area contributed by atoms with Gasteiger partial charge in [0.1, 0.15) is 5.69 Å². The Morgan fingerprint density at radius 1 is 1.30 bits per heavy atom.